The number of hydrogen-bond donors (Lipinski definition) is 1. The smallest absolute Gasteiger partial charge is 0.322 e. The van der Waals surface area contributed by atoms with Gasteiger partial charge in [0.2, 0.25) is 0 Å². The highest BCUT2D eigenvalue weighted by molar-refractivity contribution is 5.76. The van der Waals surface area contributed by atoms with E-state index < -0.39 is 0 Å². The van der Waals surface area contributed by atoms with Crippen LogP contribution in [0.2, 0.25) is 0 Å². The molecule has 0 saturated carbocycles. The van der Waals surface area contributed by atoms with Gasteiger partial charge in [-0.2, -0.15) is 0 Å². The Hall–Kier alpha value is -0.830. The largest absolute Gasteiger partial charge is 0.462 e. The monoisotopic (exact) mass is 155 g/mol. The van der Waals surface area contributed by atoms with Crippen LogP contribution in [0.15, 0.2) is 12.7 Å². The van der Waals surface area contributed by atoms with E-state index >= 15 is 0 Å². The van der Waals surface area contributed by atoms with Crippen molar-refractivity contribution in [3.63, 3.8) is 0 Å². The summed E-state index contributed by atoms with van der Waals surface area (Å²) in [6.45, 7) is 7.76. The van der Waals surface area contributed by atoms with E-state index in [4.69, 9.17) is 4.74 Å². The van der Waals surface area contributed by atoms with Crippen molar-refractivity contribution in [3.8, 4) is 0 Å². The van der Waals surface area contributed by atoms with Crippen molar-refractivity contribution in [2.24, 2.45) is 0 Å². The summed E-state index contributed by atoms with van der Waals surface area (Å²) in [7, 11) is 0. The number of carbonyl (C=O) groups excluding carboxylic acids is 1. The van der Waals surface area contributed by atoms with Crippen LogP contribution in [0.25, 0.3) is 0 Å². The fourth-order valence-electron chi connectivity index (χ4n) is 1.06. The van der Waals surface area contributed by atoms with Crippen LogP contribution >= 0.6 is 0 Å². The van der Waals surface area contributed by atoms with Crippen molar-refractivity contribution in [3.05, 3.63) is 12.7 Å². The van der Waals surface area contributed by atoms with E-state index in [0.29, 0.717) is 6.61 Å². The van der Waals surface area contributed by atoms with E-state index in [-0.39, 0.29) is 17.6 Å². The molecular weight excluding hydrogens is 142 g/mol. The van der Waals surface area contributed by atoms with Crippen molar-refractivity contribution in [1.29, 1.82) is 0 Å². The molecule has 0 unspecified atom stereocenters. The van der Waals surface area contributed by atoms with Crippen LogP contribution in [0, 0.1) is 0 Å². The molecule has 0 spiro atoms. The molecule has 1 fully saturated rings. The number of cyclic esters (lactones) is 1. The fraction of sp³-hybridized carbons (Fsp3) is 0.625. The Labute approximate surface area is 66.4 Å². The lowest BCUT2D eigenvalue weighted by molar-refractivity contribution is -0.152. The Morgan fingerprint density at radius 2 is 2.55 bits per heavy atom. The number of esters is 1. The zero-order valence-electron chi connectivity index (χ0n) is 6.89. The lowest BCUT2D eigenvalue weighted by Gasteiger charge is -2.34. The molecule has 1 N–H and O–H groups in total. The minimum absolute atomic E-state index is 0.190. The van der Waals surface area contributed by atoms with Gasteiger partial charge in [-0.3, -0.25) is 10.1 Å². The molecule has 0 aromatic heterocycles. The first-order chi connectivity index (χ1) is 5.07. The second-order valence-electron chi connectivity index (χ2n) is 3.10. The van der Waals surface area contributed by atoms with Crippen molar-refractivity contribution < 1.29 is 9.53 Å². The summed E-state index contributed by atoms with van der Waals surface area (Å²) >= 11 is 0. The minimum atomic E-state index is -0.257. The van der Waals surface area contributed by atoms with E-state index in [0.717, 1.165) is 0 Å². The number of morpholine rings is 1. The zero-order chi connectivity index (χ0) is 8.48. The third-order valence-electron chi connectivity index (χ3n) is 1.86. The highest BCUT2D eigenvalue weighted by Crippen LogP contribution is 2.12. The first-order valence-electron chi connectivity index (χ1n) is 3.65. The Morgan fingerprint density at radius 1 is 1.91 bits per heavy atom. The second-order valence-corrected chi connectivity index (χ2v) is 3.10. The highest BCUT2D eigenvalue weighted by atomic mass is 16.5. The zero-order valence-corrected chi connectivity index (χ0v) is 6.89. The van der Waals surface area contributed by atoms with Gasteiger partial charge in [0, 0.05) is 0 Å². The summed E-state index contributed by atoms with van der Waals surface area (Å²) < 4.78 is 4.92. The maximum Gasteiger partial charge on any atom is 0.322 e. The van der Waals surface area contributed by atoms with Crippen LogP contribution in [-0.2, 0) is 9.53 Å². The van der Waals surface area contributed by atoms with Crippen LogP contribution < -0.4 is 5.32 Å². The van der Waals surface area contributed by atoms with Crippen molar-refractivity contribution in [1.82, 2.24) is 5.32 Å². The molecule has 3 heteroatoms. The first kappa shape index (κ1) is 8.27. The van der Waals surface area contributed by atoms with Crippen LogP contribution in [0.3, 0.4) is 0 Å². The number of nitrogens with one attached hydrogen (secondary N) is 1. The Kier molecular flexibility index (Phi) is 2.00. The van der Waals surface area contributed by atoms with Gasteiger partial charge in [0.15, 0.2) is 0 Å². The normalized spacial score (nSPS) is 38.0. The Balaban J connectivity index is 2.65. The average molecular weight is 155 g/mol. The fourth-order valence-corrected chi connectivity index (χ4v) is 1.06. The predicted octanol–water partition coefficient (Wildman–Crippen LogP) is 0.466. The molecule has 1 heterocycles. The molecule has 11 heavy (non-hydrogen) atoms. The van der Waals surface area contributed by atoms with E-state index in [1.54, 1.807) is 13.0 Å². The second kappa shape index (κ2) is 2.66. The van der Waals surface area contributed by atoms with Gasteiger partial charge in [-0.1, -0.05) is 6.08 Å². The van der Waals surface area contributed by atoms with Crippen molar-refractivity contribution in [2.45, 2.75) is 25.4 Å². The molecule has 3 nitrogen and oxygen atoms in total. The lowest BCUT2D eigenvalue weighted by Crippen LogP contribution is -2.57. The molecule has 1 rings (SSSR count). The van der Waals surface area contributed by atoms with Gasteiger partial charge >= 0.3 is 5.97 Å². The number of hydrogen-bond acceptors (Lipinski definition) is 3. The molecule has 1 aliphatic heterocycles. The number of carbonyl (C=O) groups is 1. The third-order valence-corrected chi connectivity index (χ3v) is 1.86. The SMILES string of the molecule is C=C[C@@]1(C)COC(=O)[C@H](C)N1. The molecule has 0 aromatic rings. The number of ether oxygens (including phenoxy) is 1. The Morgan fingerprint density at radius 3 is 3.00 bits per heavy atom. The molecule has 0 radical (unpaired) electrons. The maximum atomic E-state index is 10.9. The first-order valence-corrected chi connectivity index (χ1v) is 3.65. The van der Waals surface area contributed by atoms with E-state index in [9.17, 15) is 4.79 Å². The van der Waals surface area contributed by atoms with Gasteiger partial charge in [-0.15, -0.1) is 6.58 Å². The average Bonchev–Trinajstić information content (AvgIpc) is 1.98. The van der Waals surface area contributed by atoms with Gasteiger partial charge in [0.05, 0.1) is 5.54 Å². The molecular formula is C8H13NO2. The molecule has 2 atom stereocenters. The summed E-state index contributed by atoms with van der Waals surface area (Å²) in [6.07, 6.45) is 1.76. The highest BCUT2D eigenvalue weighted by Gasteiger charge is 2.32. The quantitative estimate of drug-likeness (QED) is 0.442. The van der Waals surface area contributed by atoms with Gasteiger partial charge in [0.1, 0.15) is 12.6 Å². The molecule has 62 valence electrons. The topological polar surface area (TPSA) is 38.3 Å². The van der Waals surface area contributed by atoms with Crippen LogP contribution in [-0.4, -0.2) is 24.2 Å². The third kappa shape index (κ3) is 1.60. The summed E-state index contributed by atoms with van der Waals surface area (Å²) in [5, 5.41) is 3.10. The molecule has 0 aromatic carbocycles. The van der Waals surface area contributed by atoms with Crippen LogP contribution in [0.1, 0.15) is 13.8 Å². The molecule has 0 aliphatic carbocycles. The predicted molar refractivity (Wildman–Crippen MR) is 42.2 cm³/mol. The summed E-state index contributed by atoms with van der Waals surface area (Å²) in [4.78, 5) is 10.9. The summed E-state index contributed by atoms with van der Waals surface area (Å²) in [6, 6.07) is -0.230. The maximum absolute atomic E-state index is 10.9. The van der Waals surface area contributed by atoms with Crippen LogP contribution in [0.5, 0.6) is 0 Å². The standard InChI is InChI=1S/C8H13NO2/c1-4-8(3)5-11-7(10)6(2)9-8/h4,6,9H,1,5H2,2-3H3/t6-,8-/m0/s1. The van der Waals surface area contributed by atoms with Gasteiger partial charge < -0.3 is 4.74 Å². The summed E-state index contributed by atoms with van der Waals surface area (Å²) in [5.74, 6) is -0.190. The minimum Gasteiger partial charge on any atom is -0.462 e. The van der Waals surface area contributed by atoms with Crippen LogP contribution in [0.4, 0.5) is 0 Å². The molecule has 0 amide bonds. The lowest BCUT2D eigenvalue weighted by atomic mass is 10.0. The molecule has 0 bridgehead atoms. The van der Waals surface area contributed by atoms with E-state index in [1.807, 2.05) is 6.92 Å². The van der Waals surface area contributed by atoms with Gasteiger partial charge in [-0.05, 0) is 13.8 Å². The van der Waals surface area contributed by atoms with Gasteiger partial charge in [0.25, 0.3) is 0 Å². The van der Waals surface area contributed by atoms with E-state index in [2.05, 4.69) is 11.9 Å². The van der Waals surface area contributed by atoms with Gasteiger partial charge in [-0.25, -0.2) is 0 Å². The summed E-state index contributed by atoms with van der Waals surface area (Å²) in [5.41, 5.74) is -0.257. The Bertz CT molecular complexity index is 191. The van der Waals surface area contributed by atoms with Crippen molar-refractivity contribution >= 4 is 5.97 Å². The molecule has 1 saturated heterocycles. The van der Waals surface area contributed by atoms with E-state index in [1.165, 1.54) is 0 Å². The molecule has 1 aliphatic rings. The number of rotatable bonds is 1. The van der Waals surface area contributed by atoms with Crippen molar-refractivity contribution in [2.75, 3.05) is 6.61 Å².